The molecule has 0 saturated carbocycles. The van der Waals surface area contributed by atoms with Gasteiger partial charge in [0.15, 0.2) is 7.14 Å². The first-order valence-corrected chi connectivity index (χ1v) is 10.5. The van der Waals surface area contributed by atoms with E-state index >= 15 is 0 Å². The minimum atomic E-state index is -2.97. The lowest BCUT2D eigenvalue weighted by Crippen LogP contribution is -2.26. The van der Waals surface area contributed by atoms with Gasteiger partial charge in [0.05, 0.1) is 12.8 Å². The normalized spacial score (nSPS) is 12.2. The molecule has 0 aliphatic carbocycles. The monoisotopic (exact) mass is 378 g/mol. The summed E-state index contributed by atoms with van der Waals surface area (Å²) < 4.78 is 25.4. The van der Waals surface area contributed by atoms with Crippen molar-refractivity contribution in [1.29, 1.82) is 0 Å². The van der Waals surface area contributed by atoms with Crippen LogP contribution >= 0.6 is 7.14 Å². The van der Waals surface area contributed by atoms with Crippen molar-refractivity contribution >= 4 is 17.8 Å². The molecular weight excluding hydrogens is 355 g/mol. The summed E-state index contributed by atoms with van der Waals surface area (Å²) in [6, 6.07) is 26.4. The molecular formula is C23H23O3P. The Labute approximate surface area is 160 Å². The van der Waals surface area contributed by atoms with Gasteiger partial charge in [-0.2, -0.15) is 0 Å². The van der Waals surface area contributed by atoms with Crippen LogP contribution in [0.3, 0.4) is 0 Å². The molecule has 1 atom stereocenters. The van der Waals surface area contributed by atoms with Crippen molar-refractivity contribution in [2.45, 2.75) is 12.6 Å². The van der Waals surface area contributed by atoms with E-state index in [0.29, 0.717) is 11.5 Å². The van der Waals surface area contributed by atoms with Crippen LogP contribution in [0, 0.1) is 0 Å². The SMILES string of the molecule is C=C(Oc1ccc(OC)cc1)[C@@H](C)P(=O)(c1ccccc1)c1ccccc1. The first kappa shape index (κ1) is 19.0. The van der Waals surface area contributed by atoms with Gasteiger partial charge in [-0.1, -0.05) is 67.2 Å². The molecule has 0 unspecified atom stereocenters. The summed E-state index contributed by atoms with van der Waals surface area (Å²) >= 11 is 0. The van der Waals surface area contributed by atoms with Gasteiger partial charge < -0.3 is 14.0 Å². The van der Waals surface area contributed by atoms with Gasteiger partial charge in [0.2, 0.25) is 0 Å². The predicted molar refractivity (Wildman–Crippen MR) is 112 cm³/mol. The summed E-state index contributed by atoms with van der Waals surface area (Å²) in [5, 5.41) is 1.59. The molecule has 4 heteroatoms. The van der Waals surface area contributed by atoms with Crippen molar-refractivity contribution in [1.82, 2.24) is 0 Å². The molecule has 0 bridgehead atoms. The minimum absolute atomic E-state index is 0.385. The Bertz CT molecular complexity index is 891. The summed E-state index contributed by atoms with van der Waals surface area (Å²) in [6.45, 7) is 5.99. The molecule has 0 amide bonds. The lowest BCUT2D eigenvalue weighted by atomic mass is 10.3. The number of ether oxygens (including phenoxy) is 2. The third-order valence-corrected chi connectivity index (χ3v) is 8.11. The molecule has 3 aromatic carbocycles. The van der Waals surface area contributed by atoms with Crippen molar-refractivity contribution < 1.29 is 14.0 Å². The average molecular weight is 378 g/mol. The molecule has 0 aliphatic heterocycles. The number of hydrogen-bond donors (Lipinski definition) is 0. The second kappa shape index (κ2) is 8.28. The quantitative estimate of drug-likeness (QED) is 0.429. The molecule has 3 aromatic rings. The fourth-order valence-corrected chi connectivity index (χ4v) is 5.86. The third kappa shape index (κ3) is 3.99. The van der Waals surface area contributed by atoms with E-state index < -0.39 is 7.14 Å². The maximum atomic E-state index is 14.3. The highest BCUT2D eigenvalue weighted by molar-refractivity contribution is 7.79. The van der Waals surface area contributed by atoms with Gasteiger partial charge in [0.1, 0.15) is 17.3 Å². The van der Waals surface area contributed by atoms with Crippen LogP contribution in [0.15, 0.2) is 97.3 Å². The number of allylic oxidation sites excluding steroid dienone is 1. The Kier molecular flexibility index (Phi) is 5.83. The fourth-order valence-electron chi connectivity index (χ4n) is 2.98. The Morgan fingerprint density at radius 3 is 1.70 bits per heavy atom. The van der Waals surface area contributed by atoms with Crippen molar-refractivity contribution in [3.8, 4) is 11.5 Å². The van der Waals surface area contributed by atoms with Gasteiger partial charge in [-0.05, 0) is 31.2 Å². The van der Waals surface area contributed by atoms with Gasteiger partial charge in [-0.3, -0.25) is 0 Å². The largest absolute Gasteiger partial charge is 0.497 e. The standard InChI is InChI=1S/C23H23O3P/c1-18(26-21-16-14-20(25-3)15-17-21)19(2)27(24,22-10-6-4-7-11-22)23-12-8-5-9-13-23/h4-17,19H,1H2,2-3H3/t19-/m1/s1. The van der Waals surface area contributed by atoms with Gasteiger partial charge in [0.25, 0.3) is 0 Å². The molecule has 0 heterocycles. The second-order valence-electron chi connectivity index (χ2n) is 6.25. The van der Waals surface area contributed by atoms with E-state index in [0.717, 1.165) is 16.4 Å². The molecule has 0 aliphatic rings. The smallest absolute Gasteiger partial charge is 0.153 e. The van der Waals surface area contributed by atoms with Crippen molar-refractivity contribution in [3.63, 3.8) is 0 Å². The average Bonchev–Trinajstić information content (AvgIpc) is 2.74. The van der Waals surface area contributed by atoms with Crippen LogP contribution in [0.2, 0.25) is 0 Å². The maximum absolute atomic E-state index is 14.3. The van der Waals surface area contributed by atoms with E-state index in [1.165, 1.54) is 0 Å². The highest BCUT2D eigenvalue weighted by atomic mass is 31.2. The van der Waals surface area contributed by atoms with E-state index in [1.807, 2.05) is 91.9 Å². The zero-order chi connectivity index (χ0) is 19.3. The van der Waals surface area contributed by atoms with Crippen LogP contribution in [0.25, 0.3) is 0 Å². The molecule has 0 fully saturated rings. The Morgan fingerprint density at radius 1 is 0.815 bits per heavy atom. The second-order valence-corrected chi connectivity index (χ2v) is 9.37. The topological polar surface area (TPSA) is 35.5 Å². The van der Waals surface area contributed by atoms with Gasteiger partial charge in [-0.15, -0.1) is 0 Å². The van der Waals surface area contributed by atoms with Crippen LogP contribution in [0.1, 0.15) is 6.92 Å². The molecule has 27 heavy (non-hydrogen) atoms. The highest BCUT2D eigenvalue weighted by Crippen LogP contribution is 2.51. The van der Waals surface area contributed by atoms with Gasteiger partial charge in [0, 0.05) is 10.6 Å². The number of methoxy groups -OCH3 is 1. The summed E-state index contributed by atoms with van der Waals surface area (Å²) in [5.74, 6) is 1.86. The van der Waals surface area contributed by atoms with Gasteiger partial charge >= 0.3 is 0 Å². The van der Waals surface area contributed by atoms with Crippen LogP contribution in [-0.4, -0.2) is 12.8 Å². The zero-order valence-corrected chi connectivity index (χ0v) is 16.4. The van der Waals surface area contributed by atoms with Crippen molar-refractivity contribution in [3.05, 3.63) is 97.3 Å². The van der Waals surface area contributed by atoms with E-state index in [4.69, 9.17) is 9.47 Å². The van der Waals surface area contributed by atoms with E-state index in [2.05, 4.69) is 6.58 Å². The molecule has 0 aromatic heterocycles. The van der Waals surface area contributed by atoms with Crippen LogP contribution in [0.4, 0.5) is 0 Å². The van der Waals surface area contributed by atoms with Crippen molar-refractivity contribution in [2.75, 3.05) is 7.11 Å². The number of benzene rings is 3. The maximum Gasteiger partial charge on any atom is 0.153 e. The number of rotatable bonds is 7. The summed E-state index contributed by atoms with van der Waals surface area (Å²) in [6.07, 6.45) is 0. The van der Waals surface area contributed by atoms with Crippen LogP contribution in [0.5, 0.6) is 11.5 Å². The first-order valence-electron chi connectivity index (χ1n) is 8.77. The lowest BCUT2D eigenvalue weighted by Gasteiger charge is -2.27. The molecule has 0 saturated heterocycles. The number of hydrogen-bond acceptors (Lipinski definition) is 3. The molecule has 0 N–H and O–H groups in total. The summed E-state index contributed by atoms with van der Waals surface area (Å²) in [7, 11) is -1.35. The Balaban J connectivity index is 1.94. The molecule has 3 rings (SSSR count). The lowest BCUT2D eigenvalue weighted by molar-refractivity contribution is 0.402. The van der Waals surface area contributed by atoms with E-state index in [1.54, 1.807) is 7.11 Å². The summed E-state index contributed by atoms with van der Waals surface area (Å²) in [5.41, 5.74) is -0.385. The Hall–Kier alpha value is -2.77. The minimum Gasteiger partial charge on any atom is -0.497 e. The summed E-state index contributed by atoms with van der Waals surface area (Å²) in [4.78, 5) is 0. The van der Waals surface area contributed by atoms with E-state index in [-0.39, 0.29) is 5.66 Å². The predicted octanol–water partition coefficient (Wildman–Crippen LogP) is 4.99. The molecule has 0 spiro atoms. The molecule has 138 valence electrons. The van der Waals surface area contributed by atoms with Gasteiger partial charge in [-0.25, -0.2) is 0 Å². The van der Waals surface area contributed by atoms with Crippen molar-refractivity contribution in [2.24, 2.45) is 0 Å². The fraction of sp³-hybridized carbons (Fsp3) is 0.130. The molecule has 0 radical (unpaired) electrons. The molecule has 3 nitrogen and oxygen atoms in total. The zero-order valence-electron chi connectivity index (χ0n) is 15.5. The van der Waals surface area contributed by atoms with Crippen LogP contribution < -0.4 is 20.1 Å². The highest BCUT2D eigenvalue weighted by Gasteiger charge is 2.36. The van der Waals surface area contributed by atoms with E-state index in [9.17, 15) is 4.57 Å². The third-order valence-electron chi connectivity index (χ3n) is 4.60. The first-order chi connectivity index (χ1) is 13.1. The Morgan fingerprint density at radius 2 is 1.26 bits per heavy atom. The van der Waals surface area contributed by atoms with Crippen LogP contribution in [-0.2, 0) is 4.57 Å².